The van der Waals surface area contributed by atoms with Crippen molar-refractivity contribution in [1.82, 2.24) is 0 Å². The maximum atomic E-state index is 9.38. The van der Waals surface area contributed by atoms with Crippen LogP contribution in [0.3, 0.4) is 0 Å². The number of rotatable bonds is 5. The molecule has 0 radical (unpaired) electrons. The van der Waals surface area contributed by atoms with Gasteiger partial charge in [0.1, 0.15) is 5.75 Å². The molecular weight excluding hydrogens is 289 g/mol. The zero-order chi connectivity index (χ0) is 11.3. The van der Waals surface area contributed by atoms with Crippen molar-refractivity contribution in [2.24, 2.45) is 5.73 Å². The van der Waals surface area contributed by atoms with E-state index in [9.17, 15) is 5.11 Å². The van der Waals surface area contributed by atoms with Gasteiger partial charge in [-0.1, -0.05) is 42.1 Å². The molecule has 0 fully saturated rings. The molecule has 4 heteroatoms. The van der Waals surface area contributed by atoms with Gasteiger partial charge in [0.05, 0.1) is 0 Å². The highest BCUT2D eigenvalue weighted by Gasteiger charge is 2.10. The first-order valence-electron chi connectivity index (χ1n) is 5.39. The van der Waals surface area contributed by atoms with Crippen LogP contribution >= 0.6 is 28.3 Å². The predicted octanol–water partition coefficient (Wildman–Crippen LogP) is 4.16. The SMILES string of the molecule is CCCCC[C@@H](N)c1cc(O)ccc1Br.Cl. The summed E-state index contributed by atoms with van der Waals surface area (Å²) in [4.78, 5) is 0. The Labute approximate surface area is 112 Å². The maximum Gasteiger partial charge on any atom is 0.115 e. The molecule has 1 atom stereocenters. The van der Waals surface area contributed by atoms with Crippen LogP contribution in [0.4, 0.5) is 0 Å². The Morgan fingerprint density at radius 3 is 2.69 bits per heavy atom. The van der Waals surface area contributed by atoms with E-state index >= 15 is 0 Å². The minimum Gasteiger partial charge on any atom is -0.508 e. The summed E-state index contributed by atoms with van der Waals surface area (Å²) in [5, 5.41) is 9.38. The number of aromatic hydroxyl groups is 1. The van der Waals surface area contributed by atoms with E-state index < -0.39 is 0 Å². The van der Waals surface area contributed by atoms with Crippen molar-refractivity contribution < 1.29 is 5.11 Å². The third-order valence-corrected chi connectivity index (χ3v) is 3.22. The van der Waals surface area contributed by atoms with Crippen molar-refractivity contribution in [1.29, 1.82) is 0 Å². The molecule has 2 nitrogen and oxygen atoms in total. The second-order valence-electron chi connectivity index (χ2n) is 3.81. The normalized spacial score (nSPS) is 11.9. The highest BCUT2D eigenvalue weighted by Crippen LogP contribution is 2.28. The van der Waals surface area contributed by atoms with Gasteiger partial charge in [0.25, 0.3) is 0 Å². The molecule has 1 rings (SSSR count). The maximum absolute atomic E-state index is 9.38. The summed E-state index contributed by atoms with van der Waals surface area (Å²) in [6, 6.07) is 5.25. The minimum absolute atomic E-state index is 0. The Morgan fingerprint density at radius 2 is 2.06 bits per heavy atom. The third-order valence-electron chi connectivity index (χ3n) is 2.50. The smallest absolute Gasteiger partial charge is 0.115 e. The highest BCUT2D eigenvalue weighted by atomic mass is 79.9. The van der Waals surface area contributed by atoms with Gasteiger partial charge in [0, 0.05) is 10.5 Å². The second-order valence-corrected chi connectivity index (χ2v) is 4.66. The Balaban J connectivity index is 0.00000225. The largest absolute Gasteiger partial charge is 0.508 e. The molecule has 0 amide bonds. The number of halogens is 2. The molecule has 0 unspecified atom stereocenters. The molecule has 0 aliphatic rings. The van der Waals surface area contributed by atoms with Crippen LogP contribution in [-0.2, 0) is 0 Å². The Morgan fingerprint density at radius 1 is 1.38 bits per heavy atom. The highest BCUT2D eigenvalue weighted by molar-refractivity contribution is 9.10. The molecule has 0 saturated heterocycles. The molecule has 0 aromatic heterocycles. The third kappa shape index (κ3) is 4.73. The lowest BCUT2D eigenvalue weighted by molar-refractivity contribution is 0.472. The van der Waals surface area contributed by atoms with E-state index in [1.807, 2.05) is 6.07 Å². The molecule has 1 aromatic rings. The van der Waals surface area contributed by atoms with Crippen LogP contribution in [0.1, 0.15) is 44.2 Å². The van der Waals surface area contributed by atoms with Crippen LogP contribution < -0.4 is 5.73 Å². The summed E-state index contributed by atoms with van der Waals surface area (Å²) < 4.78 is 0.976. The van der Waals surface area contributed by atoms with Crippen LogP contribution in [0.5, 0.6) is 5.75 Å². The summed E-state index contributed by atoms with van der Waals surface area (Å²) in [6.45, 7) is 2.18. The number of hydrogen-bond donors (Lipinski definition) is 2. The lowest BCUT2D eigenvalue weighted by Gasteiger charge is -2.13. The van der Waals surface area contributed by atoms with E-state index in [0.717, 1.165) is 22.9 Å². The molecule has 0 aliphatic heterocycles. The molecule has 92 valence electrons. The summed E-state index contributed by atoms with van der Waals surface area (Å²) in [5.74, 6) is 0.277. The zero-order valence-corrected chi connectivity index (χ0v) is 11.9. The lowest BCUT2D eigenvalue weighted by atomic mass is 10.0. The monoisotopic (exact) mass is 307 g/mol. The number of phenolic OH excluding ortho intramolecular Hbond substituents is 1. The molecule has 1 aromatic carbocycles. The van der Waals surface area contributed by atoms with Gasteiger partial charge in [-0.15, -0.1) is 12.4 Å². The van der Waals surface area contributed by atoms with E-state index in [-0.39, 0.29) is 24.2 Å². The fraction of sp³-hybridized carbons (Fsp3) is 0.500. The predicted molar refractivity (Wildman–Crippen MR) is 74.1 cm³/mol. The van der Waals surface area contributed by atoms with Gasteiger partial charge in [-0.25, -0.2) is 0 Å². The van der Waals surface area contributed by atoms with Gasteiger partial charge < -0.3 is 10.8 Å². The molecule has 0 heterocycles. The summed E-state index contributed by atoms with van der Waals surface area (Å²) in [7, 11) is 0. The second kappa shape index (κ2) is 7.93. The van der Waals surface area contributed by atoms with Gasteiger partial charge in [0.2, 0.25) is 0 Å². The molecule has 16 heavy (non-hydrogen) atoms. The van der Waals surface area contributed by atoms with Crippen molar-refractivity contribution in [2.75, 3.05) is 0 Å². The van der Waals surface area contributed by atoms with Crippen LogP contribution in [0.2, 0.25) is 0 Å². The van der Waals surface area contributed by atoms with Gasteiger partial charge >= 0.3 is 0 Å². The number of benzene rings is 1. The summed E-state index contributed by atoms with van der Waals surface area (Å²) >= 11 is 3.45. The van der Waals surface area contributed by atoms with Crippen molar-refractivity contribution in [3.8, 4) is 5.75 Å². The lowest BCUT2D eigenvalue weighted by Crippen LogP contribution is -2.10. The first-order chi connectivity index (χ1) is 7.15. The molecule has 0 aliphatic carbocycles. The van der Waals surface area contributed by atoms with Gasteiger partial charge in [-0.3, -0.25) is 0 Å². The average Bonchev–Trinajstić information content (AvgIpc) is 2.22. The molecule has 0 spiro atoms. The van der Waals surface area contributed by atoms with Crippen molar-refractivity contribution in [3.63, 3.8) is 0 Å². The zero-order valence-electron chi connectivity index (χ0n) is 9.45. The van der Waals surface area contributed by atoms with Gasteiger partial charge in [-0.05, 0) is 30.2 Å². The van der Waals surface area contributed by atoms with Crippen LogP contribution in [0, 0.1) is 0 Å². The van der Waals surface area contributed by atoms with E-state index in [1.165, 1.54) is 12.8 Å². The van der Waals surface area contributed by atoms with Crippen molar-refractivity contribution >= 4 is 28.3 Å². The minimum atomic E-state index is 0. The van der Waals surface area contributed by atoms with E-state index in [0.29, 0.717) is 0 Å². The average molecular weight is 309 g/mol. The standard InChI is InChI=1S/C12H18BrNO.ClH/c1-2-3-4-5-12(14)10-8-9(15)6-7-11(10)13;/h6-8,12,15H,2-5,14H2,1H3;1H/t12-;/m1./s1. The van der Waals surface area contributed by atoms with E-state index in [1.54, 1.807) is 12.1 Å². The first kappa shape index (κ1) is 15.8. The Bertz CT molecular complexity index is 320. The molecule has 0 saturated carbocycles. The first-order valence-corrected chi connectivity index (χ1v) is 6.18. The van der Waals surface area contributed by atoms with Crippen LogP contribution in [0.25, 0.3) is 0 Å². The molecule has 3 N–H and O–H groups in total. The summed E-state index contributed by atoms with van der Waals surface area (Å²) in [5.41, 5.74) is 7.06. The van der Waals surface area contributed by atoms with Crippen LogP contribution in [-0.4, -0.2) is 5.11 Å². The van der Waals surface area contributed by atoms with Crippen molar-refractivity contribution in [3.05, 3.63) is 28.2 Å². The fourth-order valence-corrected chi connectivity index (χ4v) is 2.13. The molecular formula is C12H19BrClNO. The Kier molecular flexibility index (Phi) is 7.81. The number of unbranched alkanes of at least 4 members (excludes halogenated alkanes) is 2. The topological polar surface area (TPSA) is 46.2 Å². The fourth-order valence-electron chi connectivity index (χ4n) is 1.59. The van der Waals surface area contributed by atoms with Crippen LogP contribution in [0.15, 0.2) is 22.7 Å². The quantitative estimate of drug-likeness (QED) is 0.802. The van der Waals surface area contributed by atoms with E-state index in [2.05, 4.69) is 22.9 Å². The number of phenols is 1. The Hall–Kier alpha value is -0.250. The molecule has 0 bridgehead atoms. The van der Waals surface area contributed by atoms with E-state index in [4.69, 9.17) is 5.73 Å². The van der Waals surface area contributed by atoms with Crippen molar-refractivity contribution in [2.45, 2.75) is 38.6 Å². The number of hydrogen-bond acceptors (Lipinski definition) is 2. The summed E-state index contributed by atoms with van der Waals surface area (Å²) in [6.07, 6.45) is 4.52. The van der Waals surface area contributed by atoms with Gasteiger partial charge in [0.15, 0.2) is 0 Å². The van der Waals surface area contributed by atoms with Gasteiger partial charge in [-0.2, -0.15) is 0 Å². The number of nitrogens with two attached hydrogens (primary N) is 1.